The van der Waals surface area contributed by atoms with Crippen LogP contribution >= 0.6 is 11.8 Å². The third-order valence-electron chi connectivity index (χ3n) is 4.61. The Bertz CT molecular complexity index is 517. The second kappa shape index (κ2) is 5.96. The van der Waals surface area contributed by atoms with Crippen molar-refractivity contribution in [3.05, 3.63) is 6.33 Å². The number of carboxylic acid groups (broad SMARTS) is 1. The van der Waals surface area contributed by atoms with E-state index in [0.29, 0.717) is 6.04 Å². The number of aryl methyl sites for hydroxylation is 1. The third kappa shape index (κ3) is 3.08. The van der Waals surface area contributed by atoms with Crippen molar-refractivity contribution in [3.63, 3.8) is 0 Å². The zero-order valence-corrected chi connectivity index (χ0v) is 13.1. The first-order valence-electron chi connectivity index (χ1n) is 7.60. The standard InChI is InChI=1S/C14H22N4O2S/c1-18-13(15-9-16-18)21-8-6-10-3-2-7-14(10,12(19)20)17-11-4-5-11/h9-11,17H,2-8H2,1H3,(H,19,20). The van der Waals surface area contributed by atoms with E-state index in [1.165, 1.54) is 0 Å². The first-order chi connectivity index (χ1) is 10.1. The van der Waals surface area contributed by atoms with Crippen molar-refractivity contribution in [1.82, 2.24) is 20.1 Å². The highest BCUT2D eigenvalue weighted by molar-refractivity contribution is 7.99. The van der Waals surface area contributed by atoms with E-state index in [0.717, 1.165) is 49.4 Å². The minimum Gasteiger partial charge on any atom is -0.480 e. The minimum atomic E-state index is -0.693. The summed E-state index contributed by atoms with van der Waals surface area (Å²) in [6.07, 6.45) is 7.47. The van der Waals surface area contributed by atoms with Crippen LogP contribution in [0.5, 0.6) is 0 Å². The highest BCUT2D eigenvalue weighted by Gasteiger charge is 2.50. The molecule has 1 heterocycles. The van der Waals surface area contributed by atoms with Gasteiger partial charge in [-0.15, -0.1) is 0 Å². The van der Waals surface area contributed by atoms with Gasteiger partial charge in [-0.2, -0.15) is 5.10 Å². The summed E-state index contributed by atoms with van der Waals surface area (Å²) < 4.78 is 1.76. The number of nitrogens with one attached hydrogen (secondary N) is 1. The van der Waals surface area contributed by atoms with Crippen LogP contribution in [0.25, 0.3) is 0 Å². The number of hydrogen-bond donors (Lipinski definition) is 2. The van der Waals surface area contributed by atoms with Crippen molar-refractivity contribution >= 4 is 17.7 Å². The molecule has 0 amide bonds. The molecular weight excluding hydrogens is 288 g/mol. The third-order valence-corrected chi connectivity index (χ3v) is 5.68. The molecule has 2 fully saturated rings. The molecule has 2 aliphatic rings. The Balaban J connectivity index is 1.60. The van der Waals surface area contributed by atoms with Gasteiger partial charge in [0.1, 0.15) is 11.9 Å². The van der Waals surface area contributed by atoms with Crippen molar-refractivity contribution in [3.8, 4) is 0 Å². The van der Waals surface area contributed by atoms with Gasteiger partial charge in [0.15, 0.2) is 5.16 Å². The smallest absolute Gasteiger partial charge is 0.324 e. The highest BCUT2D eigenvalue weighted by Crippen LogP contribution is 2.41. The molecule has 0 aliphatic heterocycles. The largest absolute Gasteiger partial charge is 0.480 e. The van der Waals surface area contributed by atoms with Crippen LogP contribution in [-0.2, 0) is 11.8 Å². The summed E-state index contributed by atoms with van der Waals surface area (Å²) >= 11 is 1.66. The maximum atomic E-state index is 11.8. The predicted molar refractivity (Wildman–Crippen MR) is 80.2 cm³/mol. The molecule has 6 nitrogen and oxygen atoms in total. The molecule has 21 heavy (non-hydrogen) atoms. The lowest BCUT2D eigenvalue weighted by Gasteiger charge is -2.32. The van der Waals surface area contributed by atoms with E-state index in [9.17, 15) is 9.90 Å². The van der Waals surface area contributed by atoms with Gasteiger partial charge >= 0.3 is 5.97 Å². The van der Waals surface area contributed by atoms with Gasteiger partial charge in [0.25, 0.3) is 0 Å². The molecule has 2 N–H and O–H groups in total. The predicted octanol–water partition coefficient (Wildman–Crippen LogP) is 1.67. The molecule has 0 saturated heterocycles. The molecule has 2 atom stereocenters. The molecule has 0 aromatic carbocycles. The molecule has 0 bridgehead atoms. The van der Waals surface area contributed by atoms with E-state index in [-0.39, 0.29) is 5.92 Å². The second-order valence-electron chi connectivity index (χ2n) is 6.09. The number of rotatable bonds is 7. The fraction of sp³-hybridized carbons (Fsp3) is 0.786. The molecule has 2 aliphatic carbocycles. The Morgan fingerprint density at radius 1 is 1.57 bits per heavy atom. The summed E-state index contributed by atoms with van der Waals surface area (Å²) in [6.45, 7) is 0. The normalized spacial score (nSPS) is 28.9. The molecule has 1 aromatic heterocycles. The molecular formula is C14H22N4O2S. The summed E-state index contributed by atoms with van der Waals surface area (Å²) in [6, 6.07) is 0.424. The molecule has 1 aromatic rings. The fourth-order valence-electron chi connectivity index (χ4n) is 3.30. The van der Waals surface area contributed by atoms with Gasteiger partial charge in [0, 0.05) is 18.8 Å². The quantitative estimate of drug-likeness (QED) is 0.746. The second-order valence-corrected chi connectivity index (χ2v) is 7.15. The molecule has 2 saturated carbocycles. The van der Waals surface area contributed by atoms with Gasteiger partial charge in [-0.05, 0) is 38.0 Å². The van der Waals surface area contributed by atoms with E-state index in [1.807, 2.05) is 7.05 Å². The minimum absolute atomic E-state index is 0.219. The number of thioether (sulfide) groups is 1. The topological polar surface area (TPSA) is 80.0 Å². The lowest BCUT2D eigenvalue weighted by molar-refractivity contribution is -0.146. The molecule has 0 radical (unpaired) electrons. The van der Waals surface area contributed by atoms with E-state index in [1.54, 1.807) is 22.8 Å². The van der Waals surface area contributed by atoms with Crippen molar-refractivity contribution in [2.24, 2.45) is 13.0 Å². The van der Waals surface area contributed by atoms with Crippen LogP contribution in [0.15, 0.2) is 11.5 Å². The lowest BCUT2D eigenvalue weighted by atomic mass is 9.85. The Morgan fingerprint density at radius 2 is 2.38 bits per heavy atom. The highest BCUT2D eigenvalue weighted by atomic mass is 32.2. The Kier molecular flexibility index (Phi) is 4.21. The molecule has 3 rings (SSSR count). The van der Waals surface area contributed by atoms with Gasteiger partial charge in [-0.1, -0.05) is 18.2 Å². The van der Waals surface area contributed by atoms with Crippen molar-refractivity contribution in [1.29, 1.82) is 0 Å². The number of carbonyl (C=O) groups is 1. The van der Waals surface area contributed by atoms with Gasteiger partial charge in [0.2, 0.25) is 0 Å². The first-order valence-corrected chi connectivity index (χ1v) is 8.58. The van der Waals surface area contributed by atoms with Crippen molar-refractivity contribution in [2.45, 2.75) is 55.3 Å². The molecule has 0 spiro atoms. The summed E-state index contributed by atoms with van der Waals surface area (Å²) in [4.78, 5) is 16.0. The number of hydrogen-bond acceptors (Lipinski definition) is 5. The number of nitrogens with zero attached hydrogens (tertiary/aromatic N) is 3. The van der Waals surface area contributed by atoms with Crippen LogP contribution in [0.1, 0.15) is 38.5 Å². The van der Waals surface area contributed by atoms with Crippen LogP contribution in [-0.4, -0.2) is 43.2 Å². The zero-order valence-electron chi connectivity index (χ0n) is 12.3. The molecule has 2 unspecified atom stereocenters. The Labute approximate surface area is 128 Å². The van der Waals surface area contributed by atoms with Crippen LogP contribution in [0.4, 0.5) is 0 Å². The Hall–Kier alpha value is -1.08. The average molecular weight is 310 g/mol. The average Bonchev–Trinajstić information content (AvgIpc) is 3.02. The van der Waals surface area contributed by atoms with E-state index in [4.69, 9.17) is 0 Å². The lowest BCUT2D eigenvalue weighted by Crippen LogP contribution is -2.55. The maximum absolute atomic E-state index is 11.8. The number of carboxylic acids is 1. The van der Waals surface area contributed by atoms with E-state index >= 15 is 0 Å². The summed E-state index contributed by atoms with van der Waals surface area (Å²) in [5, 5.41) is 18.1. The first kappa shape index (κ1) is 14.8. The van der Waals surface area contributed by atoms with Crippen LogP contribution in [0.2, 0.25) is 0 Å². The van der Waals surface area contributed by atoms with Gasteiger partial charge in [0.05, 0.1) is 0 Å². The van der Waals surface area contributed by atoms with Crippen molar-refractivity contribution in [2.75, 3.05) is 5.75 Å². The SMILES string of the molecule is Cn1ncnc1SCCC1CCCC1(NC1CC1)C(=O)O. The maximum Gasteiger partial charge on any atom is 0.324 e. The number of aromatic nitrogens is 3. The molecule has 116 valence electrons. The van der Waals surface area contributed by atoms with Crippen LogP contribution in [0.3, 0.4) is 0 Å². The fourth-order valence-corrected chi connectivity index (χ4v) is 4.24. The molecule has 7 heteroatoms. The van der Waals surface area contributed by atoms with Gasteiger partial charge in [-0.3, -0.25) is 10.1 Å². The van der Waals surface area contributed by atoms with Crippen molar-refractivity contribution < 1.29 is 9.90 Å². The van der Waals surface area contributed by atoms with E-state index in [2.05, 4.69) is 15.4 Å². The summed E-state index contributed by atoms with van der Waals surface area (Å²) in [5.41, 5.74) is -0.693. The summed E-state index contributed by atoms with van der Waals surface area (Å²) in [5.74, 6) is 0.440. The number of aliphatic carboxylic acids is 1. The van der Waals surface area contributed by atoms with E-state index < -0.39 is 11.5 Å². The Morgan fingerprint density at radius 3 is 3.00 bits per heavy atom. The van der Waals surface area contributed by atoms with Gasteiger partial charge in [-0.25, -0.2) is 9.67 Å². The van der Waals surface area contributed by atoms with Crippen LogP contribution in [0, 0.1) is 5.92 Å². The zero-order chi connectivity index (χ0) is 14.9. The van der Waals surface area contributed by atoms with Crippen LogP contribution < -0.4 is 5.32 Å². The summed E-state index contributed by atoms with van der Waals surface area (Å²) in [7, 11) is 1.88. The monoisotopic (exact) mass is 310 g/mol. The van der Waals surface area contributed by atoms with Gasteiger partial charge < -0.3 is 5.11 Å².